The van der Waals surface area contributed by atoms with Crippen molar-refractivity contribution < 1.29 is 15.0 Å². The predicted octanol–water partition coefficient (Wildman–Crippen LogP) is 4.16. The number of nitrogens with zero attached hydrogens (tertiary/aromatic N) is 1. The van der Waals surface area contributed by atoms with Gasteiger partial charge in [0.1, 0.15) is 11.1 Å². The topological polar surface area (TPSA) is 82.5 Å². The van der Waals surface area contributed by atoms with Gasteiger partial charge < -0.3 is 15.5 Å². The van der Waals surface area contributed by atoms with E-state index in [1.807, 2.05) is 50.2 Å². The molecular formula is C23H28N2O3S. The van der Waals surface area contributed by atoms with E-state index < -0.39 is 18.1 Å². The first-order chi connectivity index (χ1) is 13.9. The van der Waals surface area contributed by atoms with Crippen molar-refractivity contribution in [1.29, 1.82) is 0 Å². The molecule has 3 aromatic rings. The summed E-state index contributed by atoms with van der Waals surface area (Å²) in [4.78, 5) is 17.0. The quantitative estimate of drug-likeness (QED) is 0.519. The molecule has 0 aliphatic rings. The second-order valence-corrected chi connectivity index (χ2v) is 8.69. The third kappa shape index (κ3) is 5.01. The van der Waals surface area contributed by atoms with Crippen LogP contribution in [0.1, 0.15) is 55.5 Å². The third-order valence-corrected chi connectivity index (χ3v) is 6.08. The van der Waals surface area contributed by atoms with E-state index in [1.165, 1.54) is 16.9 Å². The van der Waals surface area contributed by atoms with E-state index in [-0.39, 0.29) is 12.0 Å². The van der Waals surface area contributed by atoms with Crippen LogP contribution >= 0.6 is 11.3 Å². The molecule has 3 N–H and O–H groups in total. The van der Waals surface area contributed by atoms with Crippen LogP contribution in [0.25, 0.3) is 10.2 Å². The summed E-state index contributed by atoms with van der Waals surface area (Å²) in [5, 5.41) is 24.2. The maximum atomic E-state index is 12.7. The van der Waals surface area contributed by atoms with Gasteiger partial charge >= 0.3 is 0 Å². The Bertz CT molecular complexity index is 919. The second-order valence-electron chi connectivity index (χ2n) is 7.63. The molecule has 1 amide bonds. The molecule has 0 aliphatic heterocycles. The number of hydrogen-bond acceptors (Lipinski definition) is 5. The van der Waals surface area contributed by atoms with Gasteiger partial charge in [0.15, 0.2) is 6.10 Å². The molecule has 5 nitrogen and oxygen atoms in total. The Labute approximate surface area is 175 Å². The number of aryl methyl sites for hydroxylation is 1. The number of amides is 1. The van der Waals surface area contributed by atoms with Crippen molar-refractivity contribution in [2.75, 3.05) is 0 Å². The van der Waals surface area contributed by atoms with Gasteiger partial charge in [0.05, 0.1) is 16.3 Å². The van der Waals surface area contributed by atoms with E-state index in [0.29, 0.717) is 5.01 Å². The summed E-state index contributed by atoms with van der Waals surface area (Å²) in [6.07, 6.45) is -0.852. The first-order valence-corrected chi connectivity index (χ1v) is 10.8. The number of carbonyl (C=O) groups is 1. The monoisotopic (exact) mass is 412 g/mol. The molecule has 3 unspecified atom stereocenters. The number of aliphatic hydroxyl groups is 2. The van der Waals surface area contributed by atoms with Crippen molar-refractivity contribution in [2.24, 2.45) is 5.92 Å². The zero-order valence-corrected chi connectivity index (χ0v) is 17.8. The Morgan fingerprint density at radius 2 is 1.79 bits per heavy atom. The number of fused-ring (bicyclic) bond motifs is 1. The highest BCUT2D eigenvalue weighted by Gasteiger charge is 2.30. The van der Waals surface area contributed by atoms with Crippen LogP contribution in [-0.2, 0) is 11.2 Å². The van der Waals surface area contributed by atoms with Crippen LogP contribution < -0.4 is 5.32 Å². The summed E-state index contributed by atoms with van der Waals surface area (Å²) in [6, 6.07) is 15.4. The van der Waals surface area contributed by atoms with Gasteiger partial charge in [0.2, 0.25) is 0 Å². The van der Waals surface area contributed by atoms with Gasteiger partial charge in [0, 0.05) is 0 Å². The minimum atomic E-state index is -1.59. The van der Waals surface area contributed by atoms with Gasteiger partial charge in [-0.05, 0) is 35.6 Å². The summed E-state index contributed by atoms with van der Waals surface area (Å²) in [7, 11) is 0. The summed E-state index contributed by atoms with van der Waals surface area (Å²) in [5.41, 5.74) is 2.98. The molecule has 0 aliphatic carbocycles. The van der Waals surface area contributed by atoms with E-state index in [1.54, 1.807) is 0 Å². The van der Waals surface area contributed by atoms with Crippen LogP contribution in [0, 0.1) is 5.92 Å². The average molecular weight is 413 g/mol. The number of hydrogen-bond donors (Lipinski definition) is 3. The van der Waals surface area contributed by atoms with Crippen molar-refractivity contribution in [3.8, 4) is 0 Å². The molecule has 0 saturated heterocycles. The first-order valence-electron chi connectivity index (χ1n) is 10.0. The second kappa shape index (κ2) is 9.48. The highest BCUT2D eigenvalue weighted by molar-refractivity contribution is 7.18. The van der Waals surface area contributed by atoms with Crippen LogP contribution in [0.15, 0.2) is 48.5 Å². The number of nitrogens with one attached hydrogen (secondary N) is 1. The fraction of sp³-hybridized carbons (Fsp3) is 0.391. The largest absolute Gasteiger partial charge is 0.383 e. The summed E-state index contributed by atoms with van der Waals surface area (Å²) in [5.74, 6) is -0.476. The van der Waals surface area contributed by atoms with Gasteiger partial charge in [-0.3, -0.25) is 4.79 Å². The molecule has 0 fully saturated rings. The summed E-state index contributed by atoms with van der Waals surface area (Å²) in [6.45, 7) is 6.17. The van der Waals surface area contributed by atoms with Crippen molar-refractivity contribution in [1.82, 2.24) is 10.3 Å². The lowest BCUT2D eigenvalue weighted by Gasteiger charge is -2.25. The standard InChI is InChI=1S/C23H28N2O3S/c1-4-7-15-10-12-16(13-11-15)19(14(2)3)25-22(28)20(26)21(27)23-24-17-8-5-6-9-18(17)29-23/h5-6,8-14,19-21,26-27H,4,7H2,1-3H3,(H,25,28). The summed E-state index contributed by atoms with van der Waals surface area (Å²) >= 11 is 1.28. The normalized spacial score (nSPS) is 14.7. The van der Waals surface area contributed by atoms with E-state index >= 15 is 0 Å². The molecule has 29 heavy (non-hydrogen) atoms. The maximum Gasteiger partial charge on any atom is 0.252 e. The van der Waals surface area contributed by atoms with Crippen LogP contribution in [0.2, 0.25) is 0 Å². The van der Waals surface area contributed by atoms with Gasteiger partial charge in [-0.25, -0.2) is 4.98 Å². The third-order valence-electron chi connectivity index (χ3n) is 4.97. The maximum absolute atomic E-state index is 12.7. The van der Waals surface area contributed by atoms with Crippen LogP contribution in [-0.4, -0.2) is 27.2 Å². The van der Waals surface area contributed by atoms with Crippen molar-refractivity contribution in [3.63, 3.8) is 0 Å². The van der Waals surface area contributed by atoms with Crippen LogP contribution in [0.4, 0.5) is 0 Å². The Hall–Kier alpha value is -2.28. The predicted molar refractivity (Wildman–Crippen MR) is 117 cm³/mol. The number of thiazole rings is 1. The molecule has 0 saturated carbocycles. The molecular weight excluding hydrogens is 384 g/mol. The Kier molecular flexibility index (Phi) is 7.00. The molecule has 154 valence electrons. The van der Waals surface area contributed by atoms with E-state index in [9.17, 15) is 15.0 Å². The molecule has 0 bridgehead atoms. The fourth-order valence-corrected chi connectivity index (χ4v) is 4.33. The highest BCUT2D eigenvalue weighted by Crippen LogP contribution is 2.29. The van der Waals surface area contributed by atoms with Gasteiger partial charge in [-0.2, -0.15) is 0 Å². The molecule has 0 spiro atoms. The number of aliphatic hydroxyl groups excluding tert-OH is 2. The smallest absolute Gasteiger partial charge is 0.252 e. The van der Waals surface area contributed by atoms with Gasteiger partial charge in [0.25, 0.3) is 5.91 Å². The lowest BCUT2D eigenvalue weighted by Crippen LogP contribution is -2.41. The van der Waals surface area contributed by atoms with Gasteiger partial charge in [-0.15, -0.1) is 11.3 Å². The lowest BCUT2D eigenvalue weighted by atomic mass is 9.94. The Balaban J connectivity index is 1.73. The molecule has 3 rings (SSSR count). The fourth-order valence-electron chi connectivity index (χ4n) is 3.35. The first kappa shape index (κ1) is 21.4. The zero-order valence-electron chi connectivity index (χ0n) is 17.0. The molecule has 3 atom stereocenters. The Morgan fingerprint density at radius 1 is 1.10 bits per heavy atom. The molecule has 0 radical (unpaired) electrons. The molecule has 6 heteroatoms. The zero-order chi connectivity index (χ0) is 21.0. The van der Waals surface area contributed by atoms with Gasteiger partial charge in [-0.1, -0.05) is 63.6 Å². The van der Waals surface area contributed by atoms with Crippen molar-refractivity contribution in [2.45, 2.75) is 51.9 Å². The number of rotatable bonds is 8. The van der Waals surface area contributed by atoms with Crippen LogP contribution in [0.5, 0.6) is 0 Å². The summed E-state index contributed by atoms with van der Waals surface area (Å²) < 4.78 is 0.904. The minimum Gasteiger partial charge on any atom is -0.383 e. The number of carbonyl (C=O) groups excluding carboxylic acids is 1. The Morgan fingerprint density at radius 3 is 2.41 bits per heavy atom. The molecule has 1 aromatic heterocycles. The average Bonchev–Trinajstić information content (AvgIpc) is 3.15. The van der Waals surface area contributed by atoms with E-state index in [4.69, 9.17) is 0 Å². The molecule has 1 heterocycles. The SMILES string of the molecule is CCCc1ccc(C(NC(=O)C(O)C(O)c2nc3ccccc3s2)C(C)C)cc1. The number of para-hydroxylation sites is 1. The number of aromatic nitrogens is 1. The highest BCUT2D eigenvalue weighted by atomic mass is 32.1. The number of benzene rings is 2. The van der Waals surface area contributed by atoms with Crippen molar-refractivity contribution >= 4 is 27.5 Å². The van der Waals surface area contributed by atoms with E-state index in [0.717, 1.165) is 28.6 Å². The van der Waals surface area contributed by atoms with Crippen molar-refractivity contribution in [3.05, 3.63) is 64.7 Å². The van der Waals surface area contributed by atoms with Crippen LogP contribution in [0.3, 0.4) is 0 Å². The minimum absolute atomic E-state index is 0.128. The van der Waals surface area contributed by atoms with E-state index in [2.05, 4.69) is 29.4 Å². The molecule has 2 aromatic carbocycles. The lowest BCUT2D eigenvalue weighted by molar-refractivity contribution is -0.136.